The summed E-state index contributed by atoms with van der Waals surface area (Å²) in [5, 5.41) is 19.1. The lowest BCUT2D eigenvalue weighted by Gasteiger charge is -2.28. The van der Waals surface area contributed by atoms with Gasteiger partial charge in [0.2, 0.25) is 0 Å². The van der Waals surface area contributed by atoms with Crippen molar-refractivity contribution in [3.8, 4) is 0 Å². The Hall–Kier alpha value is -1.89. The minimum absolute atomic E-state index is 0.0156. The van der Waals surface area contributed by atoms with Gasteiger partial charge in [-0.1, -0.05) is 31.2 Å². The molecule has 2 aliphatic rings. The van der Waals surface area contributed by atoms with Crippen LogP contribution in [0.15, 0.2) is 34.8 Å². The third-order valence-corrected chi connectivity index (χ3v) is 5.89. The molecule has 2 N–H and O–H groups in total. The second-order valence-electron chi connectivity index (χ2n) is 8.46. The van der Waals surface area contributed by atoms with Crippen molar-refractivity contribution in [2.45, 2.75) is 95.5 Å². The van der Waals surface area contributed by atoms with E-state index in [1.807, 2.05) is 18.2 Å². The first-order valence-electron chi connectivity index (χ1n) is 11.7. The number of hydrogen-bond donors (Lipinski definition) is 2. The summed E-state index contributed by atoms with van der Waals surface area (Å²) < 4.78 is 18.2. The molecule has 1 aliphatic heterocycles. The smallest absolute Gasteiger partial charge is 0.303 e. The van der Waals surface area contributed by atoms with Gasteiger partial charge >= 0.3 is 5.97 Å². The van der Waals surface area contributed by atoms with E-state index >= 15 is 0 Å². The average molecular weight is 433 g/mol. The minimum Gasteiger partial charge on any atom is -0.481 e. The highest BCUT2D eigenvalue weighted by atomic mass is 16.7. The van der Waals surface area contributed by atoms with Gasteiger partial charge in [0, 0.05) is 37.4 Å². The third-order valence-electron chi connectivity index (χ3n) is 5.89. The summed E-state index contributed by atoms with van der Waals surface area (Å²) in [6.07, 6.45) is 14.9. The number of fused-ring (bicyclic) bond motifs is 1. The van der Waals surface area contributed by atoms with Crippen LogP contribution in [-0.4, -0.2) is 41.3 Å². The van der Waals surface area contributed by atoms with Gasteiger partial charge in [0.15, 0.2) is 6.29 Å². The predicted octanol–water partition coefficient (Wildman–Crippen LogP) is 4.90. The van der Waals surface area contributed by atoms with Gasteiger partial charge in [0.25, 0.3) is 0 Å². The largest absolute Gasteiger partial charge is 0.481 e. The lowest BCUT2D eigenvalue weighted by Crippen LogP contribution is -2.30. The lowest BCUT2D eigenvalue weighted by molar-refractivity contribution is -0.188. The number of unbranched alkanes of at least 4 members (excludes halogenated alkanes) is 1. The summed E-state index contributed by atoms with van der Waals surface area (Å²) in [4.78, 5) is 10.7. The first kappa shape index (κ1) is 23.8. The van der Waals surface area contributed by atoms with Crippen LogP contribution in [0.3, 0.4) is 0 Å². The molecule has 6 nitrogen and oxygen atoms in total. The molecule has 1 fully saturated rings. The molecule has 0 aromatic carbocycles. The zero-order chi connectivity index (χ0) is 22.1. The Kier molecular flexibility index (Phi) is 9.37. The molecule has 4 atom stereocenters. The van der Waals surface area contributed by atoms with E-state index in [1.54, 1.807) is 0 Å². The summed E-state index contributed by atoms with van der Waals surface area (Å²) in [6.45, 7) is 2.82. The number of aryl methyl sites for hydroxylation is 1. The molecule has 1 unspecified atom stereocenters. The number of aliphatic hydroxyl groups excluding tert-OH is 1. The average Bonchev–Trinajstić information content (AvgIpc) is 3.28. The van der Waals surface area contributed by atoms with Gasteiger partial charge in [0.05, 0.1) is 12.2 Å². The number of aliphatic hydroxyl groups is 1. The quantitative estimate of drug-likeness (QED) is 0.361. The standard InChI is InChI=1S/C25H36O6/c1-2-3-4-9-18(26)13-14-20-21-16-19(10-5-6-11-24(27)28)30-23(21)17-22(20)31-25-12-7-8-15-29-25/h3-4,13-14,16,18,20,22,25-26H,2,5-12,15,17H2,1H3,(H,27,28)/b4-3-,14-13+/t18-,20+,22+,25?/m0/s1. The van der Waals surface area contributed by atoms with E-state index in [0.29, 0.717) is 19.3 Å². The van der Waals surface area contributed by atoms with Crippen LogP contribution in [0.1, 0.15) is 81.3 Å². The number of furan rings is 1. The molecule has 2 heterocycles. The summed E-state index contributed by atoms with van der Waals surface area (Å²) in [7, 11) is 0. The van der Waals surface area contributed by atoms with Crippen LogP contribution in [0.25, 0.3) is 0 Å². The number of ether oxygens (including phenoxy) is 2. The van der Waals surface area contributed by atoms with Crippen LogP contribution in [0.4, 0.5) is 0 Å². The van der Waals surface area contributed by atoms with Gasteiger partial charge in [-0.15, -0.1) is 0 Å². The lowest BCUT2D eigenvalue weighted by atomic mass is 9.98. The summed E-state index contributed by atoms with van der Waals surface area (Å²) in [5.41, 5.74) is 1.11. The van der Waals surface area contributed by atoms with Crippen LogP contribution in [0.2, 0.25) is 0 Å². The topological polar surface area (TPSA) is 89.1 Å². The first-order chi connectivity index (χ1) is 15.1. The van der Waals surface area contributed by atoms with Gasteiger partial charge < -0.3 is 24.1 Å². The Morgan fingerprint density at radius 3 is 2.94 bits per heavy atom. The molecule has 0 amide bonds. The molecule has 1 saturated heterocycles. The van der Waals surface area contributed by atoms with Crippen molar-refractivity contribution in [2.75, 3.05) is 6.61 Å². The Morgan fingerprint density at radius 1 is 1.32 bits per heavy atom. The highest BCUT2D eigenvalue weighted by Crippen LogP contribution is 2.40. The Bertz CT molecular complexity index is 743. The van der Waals surface area contributed by atoms with Gasteiger partial charge in [0.1, 0.15) is 11.5 Å². The minimum atomic E-state index is -0.760. The molecule has 172 valence electrons. The van der Waals surface area contributed by atoms with Crippen LogP contribution >= 0.6 is 0 Å². The van der Waals surface area contributed by atoms with Crippen LogP contribution in [-0.2, 0) is 27.1 Å². The van der Waals surface area contributed by atoms with E-state index in [4.69, 9.17) is 19.0 Å². The summed E-state index contributed by atoms with van der Waals surface area (Å²) in [6, 6.07) is 2.08. The molecule has 31 heavy (non-hydrogen) atoms. The van der Waals surface area contributed by atoms with Crippen molar-refractivity contribution < 1.29 is 28.9 Å². The normalized spacial score (nSPS) is 24.8. The SMILES string of the molecule is CC/C=C\C[C@H](O)/C=C/[C@@H]1c2cc(CCCCC(=O)O)oc2C[C@H]1OC1CCCCO1. The van der Waals surface area contributed by atoms with Crippen molar-refractivity contribution in [2.24, 2.45) is 0 Å². The zero-order valence-corrected chi connectivity index (χ0v) is 18.5. The summed E-state index contributed by atoms with van der Waals surface area (Å²) in [5.74, 6) is 1.09. The first-order valence-corrected chi connectivity index (χ1v) is 11.7. The number of rotatable bonds is 12. The van der Waals surface area contributed by atoms with Crippen molar-refractivity contribution >= 4 is 5.97 Å². The maximum absolute atomic E-state index is 10.7. The second-order valence-corrected chi connectivity index (χ2v) is 8.46. The fourth-order valence-corrected chi connectivity index (χ4v) is 4.25. The Labute approximate surface area is 184 Å². The fraction of sp³-hybridized carbons (Fsp3) is 0.640. The number of allylic oxidation sites excluding steroid dienone is 1. The van der Waals surface area contributed by atoms with E-state index in [1.165, 1.54) is 0 Å². The van der Waals surface area contributed by atoms with Crippen molar-refractivity contribution in [1.29, 1.82) is 0 Å². The molecule has 0 radical (unpaired) electrons. The van der Waals surface area contributed by atoms with Crippen molar-refractivity contribution in [3.63, 3.8) is 0 Å². The molecule has 6 heteroatoms. The van der Waals surface area contributed by atoms with E-state index in [-0.39, 0.29) is 24.7 Å². The van der Waals surface area contributed by atoms with Gasteiger partial charge in [-0.25, -0.2) is 0 Å². The van der Waals surface area contributed by atoms with E-state index in [0.717, 1.165) is 62.2 Å². The number of carboxylic acid groups (broad SMARTS) is 1. The molecule has 3 rings (SSSR count). The van der Waals surface area contributed by atoms with Crippen LogP contribution in [0.5, 0.6) is 0 Å². The maximum atomic E-state index is 10.7. The molecular formula is C25H36O6. The third kappa shape index (κ3) is 7.34. The number of hydrogen-bond acceptors (Lipinski definition) is 5. The molecule has 0 bridgehead atoms. The van der Waals surface area contributed by atoms with Crippen LogP contribution < -0.4 is 0 Å². The molecule has 1 aromatic heterocycles. The molecular weight excluding hydrogens is 396 g/mol. The number of aliphatic carboxylic acids is 1. The van der Waals surface area contributed by atoms with Gasteiger partial charge in [-0.2, -0.15) is 0 Å². The highest BCUT2D eigenvalue weighted by Gasteiger charge is 2.37. The molecule has 1 aromatic rings. The maximum Gasteiger partial charge on any atom is 0.303 e. The Balaban J connectivity index is 1.65. The Morgan fingerprint density at radius 2 is 2.19 bits per heavy atom. The van der Waals surface area contributed by atoms with Crippen LogP contribution in [0, 0.1) is 0 Å². The zero-order valence-electron chi connectivity index (χ0n) is 18.5. The molecule has 0 saturated carbocycles. The number of carboxylic acids is 1. The second kappa shape index (κ2) is 12.2. The van der Waals surface area contributed by atoms with Crippen molar-refractivity contribution in [3.05, 3.63) is 47.5 Å². The summed E-state index contributed by atoms with van der Waals surface area (Å²) >= 11 is 0. The molecule has 0 spiro atoms. The van der Waals surface area contributed by atoms with Gasteiger partial charge in [-0.3, -0.25) is 4.79 Å². The van der Waals surface area contributed by atoms with E-state index < -0.39 is 12.1 Å². The van der Waals surface area contributed by atoms with E-state index in [9.17, 15) is 9.90 Å². The predicted molar refractivity (Wildman–Crippen MR) is 118 cm³/mol. The monoisotopic (exact) mass is 432 g/mol. The molecule has 1 aliphatic carbocycles. The van der Waals surface area contributed by atoms with Gasteiger partial charge in [-0.05, 0) is 51.0 Å². The van der Waals surface area contributed by atoms with E-state index in [2.05, 4.69) is 19.1 Å². The highest BCUT2D eigenvalue weighted by molar-refractivity contribution is 5.66. The fourth-order valence-electron chi connectivity index (χ4n) is 4.25. The van der Waals surface area contributed by atoms with Crippen molar-refractivity contribution in [1.82, 2.24) is 0 Å². The number of carbonyl (C=O) groups is 1.